The maximum absolute atomic E-state index is 11.9. The van der Waals surface area contributed by atoms with Gasteiger partial charge in [0.15, 0.2) is 6.29 Å². The molecule has 0 radical (unpaired) electrons. The predicted octanol–water partition coefficient (Wildman–Crippen LogP) is 3.12. The first-order valence-corrected chi connectivity index (χ1v) is 8.94. The Balaban J connectivity index is 1.95. The number of esters is 1. The lowest BCUT2D eigenvalue weighted by molar-refractivity contribution is -0.164. The minimum atomic E-state index is -1.03. The van der Waals surface area contributed by atoms with E-state index in [4.69, 9.17) is 5.11 Å². The summed E-state index contributed by atoms with van der Waals surface area (Å²) in [5.41, 5.74) is 0.302. The van der Waals surface area contributed by atoms with Crippen LogP contribution in [0.25, 0.3) is 0 Å². The molecule has 0 aliphatic carbocycles. The zero-order chi connectivity index (χ0) is 18.5. The number of carbonyl (C=O) groups excluding carboxylic acids is 2. The summed E-state index contributed by atoms with van der Waals surface area (Å²) in [6, 6.07) is 6.50. The van der Waals surface area contributed by atoms with Crippen LogP contribution < -0.4 is 5.32 Å². The van der Waals surface area contributed by atoms with Crippen molar-refractivity contribution >= 4 is 11.9 Å². The van der Waals surface area contributed by atoms with Crippen molar-refractivity contribution < 1.29 is 24.5 Å². The van der Waals surface area contributed by atoms with Crippen molar-refractivity contribution in [1.29, 1.82) is 0 Å². The van der Waals surface area contributed by atoms with Crippen molar-refractivity contribution in [1.82, 2.24) is 5.32 Å². The molecular weight excluding hydrogens is 322 g/mol. The van der Waals surface area contributed by atoms with Gasteiger partial charge in [0.1, 0.15) is 5.75 Å². The van der Waals surface area contributed by atoms with Crippen LogP contribution in [-0.4, -0.2) is 34.9 Å². The molecule has 1 aromatic carbocycles. The Kier molecular flexibility index (Phi) is 10.3. The molecule has 6 nitrogen and oxygen atoms in total. The van der Waals surface area contributed by atoms with Crippen LogP contribution in [0.15, 0.2) is 24.3 Å². The van der Waals surface area contributed by atoms with Crippen LogP contribution in [0.5, 0.6) is 5.75 Å². The van der Waals surface area contributed by atoms with Crippen LogP contribution in [0, 0.1) is 0 Å². The van der Waals surface area contributed by atoms with Crippen molar-refractivity contribution in [2.24, 2.45) is 0 Å². The van der Waals surface area contributed by atoms with E-state index in [9.17, 15) is 14.7 Å². The summed E-state index contributed by atoms with van der Waals surface area (Å²) in [5, 5.41) is 21.3. The summed E-state index contributed by atoms with van der Waals surface area (Å²) >= 11 is 0. The number of benzene rings is 1. The van der Waals surface area contributed by atoms with Crippen LogP contribution in [0.4, 0.5) is 0 Å². The summed E-state index contributed by atoms with van der Waals surface area (Å²) in [6.07, 6.45) is 6.25. The van der Waals surface area contributed by atoms with Gasteiger partial charge in [0.05, 0.1) is 5.56 Å². The summed E-state index contributed by atoms with van der Waals surface area (Å²) in [4.78, 5) is 23.1. The second-order valence-corrected chi connectivity index (χ2v) is 6.09. The van der Waals surface area contributed by atoms with E-state index in [-0.39, 0.29) is 17.6 Å². The summed E-state index contributed by atoms with van der Waals surface area (Å²) in [6.45, 7) is 2.02. The Bertz CT molecular complexity index is 530. The maximum Gasteiger partial charge on any atom is 0.308 e. The van der Waals surface area contributed by atoms with E-state index in [0.29, 0.717) is 18.5 Å². The van der Waals surface area contributed by atoms with Gasteiger partial charge in [-0.25, -0.2) is 0 Å². The molecule has 0 saturated heterocycles. The lowest BCUT2D eigenvalue weighted by atomic mass is 10.1. The molecule has 0 aliphatic rings. The Morgan fingerprint density at radius 1 is 1.04 bits per heavy atom. The fraction of sp³-hybridized carbons (Fsp3) is 0.579. The third-order valence-corrected chi connectivity index (χ3v) is 3.79. The third-order valence-electron chi connectivity index (χ3n) is 3.79. The van der Waals surface area contributed by atoms with E-state index in [0.717, 1.165) is 44.9 Å². The molecule has 1 aromatic rings. The van der Waals surface area contributed by atoms with Crippen LogP contribution in [0.2, 0.25) is 0 Å². The largest absolute Gasteiger partial charge is 0.507 e. The number of carbonyl (C=O) groups is 2. The standard InChI is InChI=1S/C19H29NO5/c1-15(21)25-18(23)13-7-5-3-2-4-6-10-14-20-19(24)16-11-8-9-12-17(16)22/h8-9,11-12,15,21-22H,2-7,10,13-14H2,1H3,(H,20,24). The fourth-order valence-electron chi connectivity index (χ4n) is 2.49. The molecule has 0 heterocycles. The van der Waals surface area contributed by atoms with Gasteiger partial charge < -0.3 is 20.3 Å². The molecule has 1 amide bonds. The molecule has 0 aliphatic heterocycles. The molecule has 1 rings (SSSR count). The number of para-hydroxylation sites is 1. The van der Waals surface area contributed by atoms with Gasteiger partial charge in [-0.05, 0) is 31.9 Å². The first-order chi connectivity index (χ1) is 12.0. The number of amides is 1. The molecule has 6 heteroatoms. The molecule has 140 valence electrons. The van der Waals surface area contributed by atoms with Gasteiger partial charge >= 0.3 is 5.97 Å². The number of phenols is 1. The normalized spacial score (nSPS) is 11.8. The monoisotopic (exact) mass is 351 g/mol. The van der Waals surface area contributed by atoms with E-state index in [1.807, 2.05) is 0 Å². The van der Waals surface area contributed by atoms with Gasteiger partial charge in [0.25, 0.3) is 5.91 Å². The molecule has 1 atom stereocenters. The Morgan fingerprint density at radius 2 is 1.64 bits per heavy atom. The number of hydrogen-bond acceptors (Lipinski definition) is 5. The quantitative estimate of drug-likeness (QED) is 0.305. The van der Waals surface area contributed by atoms with Crippen LogP contribution in [-0.2, 0) is 9.53 Å². The molecule has 0 fully saturated rings. The third kappa shape index (κ3) is 9.72. The number of phenolic OH excluding ortho intramolecular Hbond substituents is 1. The van der Waals surface area contributed by atoms with Gasteiger partial charge in [-0.15, -0.1) is 0 Å². The summed E-state index contributed by atoms with van der Waals surface area (Å²) in [7, 11) is 0. The number of nitrogens with one attached hydrogen (secondary N) is 1. The highest BCUT2D eigenvalue weighted by Gasteiger charge is 2.08. The first-order valence-electron chi connectivity index (χ1n) is 8.94. The summed E-state index contributed by atoms with van der Waals surface area (Å²) < 4.78 is 4.65. The van der Waals surface area contributed by atoms with Gasteiger partial charge in [0.2, 0.25) is 0 Å². The maximum atomic E-state index is 11.9. The lowest BCUT2D eigenvalue weighted by Gasteiger charge is -2.07. The molecular formula is C19H29NO5. The number of hydrogen-bond donors (Lipinski definition) is 3. The van der Waals surface area contributed by atoms with E-state index in [2.05, 4.69) is 10.1 Å². The first kappa shape index (κ1) is 21.0. The highest BCUT2D eigenvalue weighted by Crippen LogP contribution is 2.15. The van der Waals surface area contributed by atoms with Crippen molar-refractivity contribution in [2.75, 3.05) is 6.54 Å². The van der Waals surface area contributed by atoms with Gasteiger partial charge in [-0.2, -0.15) is 0 Å². The molecule has 0 bridgehead atoms. The van der Waals surface area contributed by atoms with Crippen molar-refractivity contribution in [3.63, 3.8) is 0 Å². The van der Waals surface area contributed by atoms with Crippen molar-refractivity contribution in [3.8, 4) is 5.75 Å². The number of ether oxygens (including phenoxy) is 1. The van der Waals surface area contributed by atoms with E-state index in [1.165, 1.54) is 13.0 Å². The highest BCUT2D eigenvalue weighted by atomic mass is 16.6. The fourth-order valence-corrected chi connectivity index (χ4v) is 2.49. The average molecular weight is 351 g/mol. The predicted molar refractivity (Wildman–Crippen MR) is 95.1 cm³/mol. The molecule has 0 saturated carbocycles. The number of aromatic hydroxyl groups is 1. The highest BCUT2D eigenvalue weighted by molar-refractivity contribution is 5.96. The van der Waals surface area contributed by atoms with E-state index < -0.39 is 6.29 Å². The lowest BCUT2D eigenvalue weighted by Crippen LogP contribution is -2.24. The SMILES string of the molecule is CC(O)OC(=O)CCCCCCCCCNC(=O)c1ccccc1O. The second-order valence-electron chi connectivity index (χ2n) is 6.09. The number of aliphatic hydroxyl groups excluding tert-OH is 1. The second kappa shape index (κ2) is 12.3. The van der Waals surface area contributed by atoms with Gasteiger partial charge in [-0.1, -0.05) is 44.2 Å². The van der Waals surface area contributed by atoms with Crippen LogP contribution in [0.1, 0.15) is 68.6 Å². The number of unbranched alkanes of at least 4 members (excludes halogenated alkanes) is 6. The van der Waals surface area contributed by atoms with E-state index in [1.54, 1.807) is 18.2 Å². The molecule has 1 unspecified atom stereocenters. The molecule has 25 heavy (non-hydrogen) atoms. The van der Waals surface area contributed by atoms with Crippen LogP contribution in [0.3, 0.4) is 0 Å². The smallest absolute Gasteiger partial charge is 0.308 e. The Morgan fingerprint density at radius 3 is 2.28 bits per heavy atom. The average Bonchev–Trinajstić information content (AvgIpc) is 2.56. The molecule has 3 N–H and O–H groups in total. The van der Waals surface area contributed by atoms with Crippen LogP contribution >= 0.6 is 0 Å². The minimum Gasteiger partial charge on any atom is -0.507 e. The van der Waals surface area contributed by atoms with Gasteiger partial charge in [0, 0.05) is 13.0 Å². The molecule has 0 aromatic heterocycles. The van der Waals surface area contributed by atoms with Gasteiger partial charge in [-0.3, -0.25) is 9.59 Å². The Labute approximate surface area is 149 Å². The van der Waals surface area contributed by atoms with Crippen molar-refractivity contribution in [3.05, 3.63) is 29.8 Å². The summed E-state index contributed by atoms with van der Waals surface area (Å²) in [5.74, 6) is -0.602. The minimum absolute atomic E-state index is 0.00247. The Hall–Kier alpha value is -2.08. The zero-order valence-electron chi connectivity index (χ0n) is 14.9. The molecule has 0 spiro atoms. The zero-order valence-corrected chi connectivity index (χ0v) is 14.9. The van der Waals surface area contributed by atoms with Crippen molar-refractivity contribution in [2.45, 2.75) is 64.6 Å². The van der Waals surface area contributed by atoms with E-state index >= 15 is 0 Å². The number of aliphatic hydroxyl groups is 1. The topological polar surface area (TPSA) is 95.9 Å². The number of rotatable bonds is 12.